The molecule has 0 spiro atoms. The van der Waals surface area contributed by atoms with Crippen molar-refractivity contribution in [3.8, 4) is 0 Å². The monoisotopic (exact) mass is 336 g/mol. The van der Waals surface area contributed by atoms with E-state index in [1.54, 1.807) is 0 Å². The normalized spacial score (nSPS) is 16.6. The number of rotatable bonds is 4. The Morgan fingerprint density at radius 1 is 1.04 bits per heavy atom. The summed E-state index contributed by atoms with van der Waals surface area (Å²) < 4.78 is 5.43. The molecule has 1 amide bonds. The molecule has 1 N–H and O–H groups in total. The summed E-state index contributed by atoms with van der Waals surface area (Å²) in [7, 11) is 0. The number of ether oxygens (including phenoxy) is 1. The van der Waals surface area contributed by atoms with Gasteiger partial charge in [0.25, 0.3) is 0 Å². The second-order valence-corrected chi connectivity index (χ2v) is 6.80. The van der Waals surface area contributed by atoms with E-state index in [1.165, 1.54) is 24.0 Å². The highest BCUT2D eigenvalue weighted by molar-refractivity contribution is 5.95. The van der Waals surface area contributed by atoms with Gasteiger partial charge in [0.1, 0.15) is 0 Å². The van der Waals surface area contributed by atoms with Crippen LogP contribution in [0.2, 0.25) is 0 Å². The molecule has 2 aromatic carbocycles. The molecule has 1 fully saturated rings. The molecule has 25 heavy (non-hydrogen) atoms. The van der Waals surface area contributed by atoms with Crippen molar-refractivity contribution in [2.75, 3.05) is 36.5 Å². The Labute approximate surface area is 148 Å². The van der Waals surface area contributed by atoms with Crippen LogP contribution in [0.4, 0.5) is 11.4 Å². The van der Waals surface area contributed by atoms with Gasteiger partial charge in [-0.3, -0.25) is 4.79 Å². The Morgan fingerprint density at radius 3 is 2.72 bits per heavy atom. The zero-order valence-electron chi connectivity index (χ0n) is 14.5. The molecule has 0 atom stereocenters. The Kier molecular flexibility index (Phi) is 4.70. The van der Waals surface area contributed by atoms with Crippen LogP contribution in [0.15, 0.2) is 42.5 Å². The summed E-state index contributed by atoms with van der Waals surface area (Å²) in [6, 6.07) is 14.5. The molecular weight excluding hydrogens is 312 g/mol. The first-order valence-electron chi connectivity index (χ1n) is 9.12. The van der Waals surface area contributed by atoms with E-state index < -0.39 is 0 Å². The van der Waals surface area contributed by atoms with Crippen LogP contribution in [0, 0.1) is 0 Å². The molecule has 1 aliphatic heterocycles. The fourth-order valence-electron chi connectivity index (χ4n) is 3.77. The lowest BCUT2D eigenvalue weighted by Gasteiger charge is -2.30. The average molecular weight is 336 g/mol. The van der Waals surface area contributed by atoms with E-state index in [4.69, 9.17) is 4.74 Å². The van der Waals surface area contributed by atoms with Crippen LogP contribution in [-0.4, -0.2) is 32.2 Å². The number of para-hydroxylation sites is 2. The molecule has 0 bridgehead atoms. The number of carbonyl (C=O) groups is 1. The van der Waals surface area contributed by atoms with Crippen LogP contribution in [-0.2, 0) is 28.8 Å². The second kappa shape index (κ2) is 7.28. The number of nitrogens with zero attached hydrogens (tertiary/aromatic N) is 1. The predicted octanol–water partition coefficient (Wildman–Crippen LogP) is 3.19. The van der Waals surface area contributed by atoms with Gasteiger partial charge in [-0.2, -0.15) is 0 Å². The molecule has 0 unspecified atom stereocenters. The van der Waals surface area contributed by atoms with Crippen molar-refractivity contribution in [3.05, 3.63) is 59.2 Å². The lowest BCUT2D eigenvalue weighted by Crippen LogP contribution is -2.36. The van der Waals surface area contributed by atoms with Gasteiger partial charge in [-0.15, -0.1) is 0 Å². The number of fused-ring (bicyclic) bond motifs is 1. The third-order valence-corrected chi connectivity index (χ3v) is 5.06. The lowest BCUT2D eigenvalue weighted by atomic mass is 10.0. The van der Waals surface area contributed by atoms with Crippen LogP contribution in [0.1, 0.15) is 23.1 Å². The summed E-state index contributed by atoms with van der Waals surface area (Å²) in [5, 5.41) is 3.10. The van der Waals surface area contributed by atoms with Gasteiger partial charge in [-0.1, -0.05) is 30.3 Å². The quantitative estimate of drug-likeness (QED) is 0.932. The van der Waals surface area contributed by atoms with Crippen molar-refractivity contribution < 1.29 is 9.53 Å². The summed E-state index contributed by atoms with van der Waals surface area (Å²) in [6.07, 6.45) is 3.97. The first-order chi connectivity index (χ1) is 12.3. The highest BCUT2D eigenvalue weighted by Gasteiger charge is 2.16. The summed E-state index contributed by atoms with van der Waals surface area (Å²) in [6.45, 7) is 3.18. The van der Waals surface area contributed by atoms with E-state index in [1.807, 2.05) is 18.2 Å². The third-order valence-electron chi connectivity index (χ3n) is 5.06. The Balaban J connectivity index is 1.46. The second-order valence-electron chi connectivity index (χ2n) is 6.80. The van der Waals surface area contributed by atoms with Gasteiger partial charge in [0.2, 0.25) is 5.91 Å². The number of nitrogens with one attached hydrogen (secondary N) is 1. The standard InChI is InChI=1S/C21H24N2O2/c24-21(15-16-8-9-17-4-3-5-18(17)14-16)22-19-6-1-2-7-20(19)23-10-12-25-13-11-23/h1-2,6-9,14H,3-5,10-13,15H2,(H,22,24). The van der Waals surface area contributed by atoms with E-state index in [2.05, 4.69) is 34.5 Å². The molecule has 0 saturated carbocycles. The van der Waals surface area contributed by atoms with Gasteiger partial charge in [-0.25, -0.2) is 0 Å². The molecule has 0 aromatic heterocycles. The van der Waals surface area contributed by atoms with Gasteiger partial charge >= 0.3 is 0 Å². The first-order valence-corrected chi connectivity index (χ1v) is 9.12. The molecule has 1 saturated heterocycles. The third kappa shape index (κ3) is 3.69. The molecule has 1 heterocycles. The Morgan fingerprint density at radius 2 is 1.84 bits per heavy atom. The lowest BCUT2D eigenvalue weighted by molar-refractivity contribution is -0.115. The number of amides is 1. The van der Waals surface area contributed by atoms with Crippen molar-refractivity contribution in [1.29, 1.82) is 0 Å². The number of hydrogen-bond acceptors (Lipinski definition) is 3. The Hall–Kier alpha value is -2.33. The van der Waals surface area contributed by atoms with Crippen molar-refractivity contribution in [2.45, 2.75) is 25.7 Å². The van der Waals surface area contributed by atoms with Crippen molar-refractivity contribution in [1.82, 2.24) is 0 Å². The topological polar surface area (TPSA) is 41.6 Å². The van der Waals surface area contributed by atoms with Crippen molar-refractivity contribution in [3.63, 3.8) is 0 Å². The average Bonchev–Trinajstić information content (AvgIpc) is 3.10. The van der Waals surface area contributed by atoms with E-state index >= 15 is 0 Å². The number of benzene rings is 2. The number of hydrogen-bond donors (Lipinski definition) is 1. The van der Waals surface area contributed by atoms with E-state index in [0.29, 0.717) is 6.42 Å². The molecule has 1 aliphatic carbocycles. The van der Waals surface area contributed by atoms with Crippen LogP contribution >= 0.6 is 0 Å². The fraction of sp³-hybridized carbons (Fsp3) is 0.381. The molecule has 0 radical (unpaired) electrons. The highest BCUT2D eigenvalue weighted by atomic mass is 16.5. The minimum Gasteiger partial charge on any atom is -0.378 e. The van der Waals surface area contributed by atoms with Crippen LogP contribution in [0.5, 0.6) is 0 Å². The van der Waals surface area contributed by atoms with Crippen molar-refractivity contribution >= 4 is 17.3 Å². The maximum Gasteiger partial charge on any atom is 0.228 e. The van der Waals surface area contributed by atoms with Gasteiger partial charge < -0.3 is 15.0 Å². The minimum absolute atomic E-state index is 0.0404. The zero-order chi connectivity index (χ0) is 17.1. The number of carbonyl (C=O) groups excluding carboxylic acids is 1. The van der Waals surface area contributed by atoms with Gasteiger partial charge in [0, 0.05) is 13.1 Å². The number of aryl methyl sites for hydroxylation is 2. The summed E-state index contributed by atoms with van der Waals surface area (Å²) in [5.74, 6) is 0.0404. The smallest absolute Gasteiger partial charge is 0.228 e. The minimum atomic E-state index is 0.0404. The molecule has 2 aliphatic rings. The maximum atomic E-state index is 12.6. The largest absolute Gasteiger partial charge is 0.378 e. The van der Waals surface area contributed by atoms with Crippen LogP contribution in [0.3, 0.4) is 0 Å². The molecular formula is C21H24N2O2. The van der Waals surface area contributed by atoms with E-state index in [0.717, 1.165) is 49.7 Å². The summed E-state index contributed by atoms with van der Waals surface area (Å²) >= 11 is 0. The molecule has 2 aromatic rings. The summed E-state index contributed by atoms with van der Waals surface area (Å²) in [5.41, 5.74) is 5.92. The maximum absolute atomic E-state index is 12.6. The van der Waals surface area contributed by atoms with Crippen LogP contribution in [0.25, 0.3) is 0 Å². The molecule has 4 rings (SSSR count). The van der Waals surface area contributed by atoms with E-state index in [-0.39, 0.29) is 5.91 Å². The van der Waals surface area contributed by atoms with Gasteiger partial charge in [0.15, 0.2) is 0 Å². The van der Waals surface area contributed by atoms with Crippen LogP contribution < -0.4 is 10.2 Å². The molecule has 4 nitrogen and oxygen atoms in total. The molecule has 130 valence electrons. The number of morpholine rings is 1. The summed E-state index contributed by atoms with van der Waals surface area (Å²) in [4.78, 5) is 14.8. The zero-order valence-corrected chi connectivity index (χ0v) is 14.5. The highest BCUT2D eigenvalue weighted by Crippen LogP contribution is 2.27. The van der Waals surface area contributed by atoms with Crippen molar-refractivity contribution in [2.24, 2.45) is 0 Å². The number of anilines is 2. The molecule has 4 heteroatoms. The SMILES string of the molecule is O=C(Cc1ccc2c(c1)CCC2)Nc1ccccc1N1CCOCC1. The van der Waals surface area contributed by atoms with Gasteiger partial charge in [-0.05, 0) is 48.1 Å². The Bertz CT molecular complexity index is 766. The predicted molar refractivity (Wildman–Crippen MR) is 100 cm³/mol. The first kappa shape index (κ1) is 16.2. The van der Waals surface area contributed by atoms with Gasteiger partial charge in [0.05, 0.1) is 31.0 Å². The van der Waals surface area contributed by atoms with E-state index in [9.17, 15) is 4.79 Å². The fourth-order valence-corrected chi connectivity index (χ4v) is 3.77.